The Hall–Kier alpha value is -3.10. The molecule has 0 fully saturated rings. The van der Waals surface area contributed by atoms with Crippen molar-refractivity contribution in [1.82, 2.24) is 5.32 Å². The van der Waals surface area contributed by atoms with Gasteiger partial charge in [0.25, 0.3) is 0 Å². The van der Waals surface area contributed by atoms with Crippen LogP contribution in [0.2, 0.25) is 0 Å². The Kier molecular flexibility index (Phi) is 63.9. The third-order valence-electron chi connectivity index (χ3n) is 15.7. The van der Waals surface area contributed by atoms with Gasteiger partial charge in [-0.1, -0.05) is 334 Å². The first-order chi connectivity index (χ1) is 42.0. The molecule has 86 heavy (non-hydrogen) atoms. The number of carbonyl (C=O) groups excluding carboxylic acids is 1. The van der Waals surface area contributed by atoms with Gasteiger partial charge in [-0.15, -0.1) is 0 Å². The van der Waals surface area contributed by atoms with Gasteiger partial charge >= 0.3 is 7.82 Å². The topological polar surface area (TPSA) is 105 Å². The fourth-order valence-electron chi connectivity index (χ4n) is 10.2. The first-order valence-corrected chi connectivity index (χ1v) is 37.4. The number of phosphoric acid groups is 1. The molecule has 0 aliphatic carbocycles. The first-order valence-electron chi connectivity index (χ1n) is 35.9. The summed E-state index contributed by atoms with van der Waals surface area (Å²) in [7, 11) is 1.60. The molecule has 0 saturated heterocycles. The van der Waals surface area contributed by atoms with E-state index in [-0.39, 0.29) is 19.1 Å². The molecular weight excluding hydrogens is 1080 g/mol. The number of nitrogens with zero attached hydrogens (tertiary/aromatic N) is 1. The Labute approximate surface area is 533 Å². The molecule has 0 aromatic carbocycles. The van der Waals surface area contributed by atoms with E-state index in [9.17, 15) is 19.4 Å². The molecule has 0 radical (unpaired) electrons. The summed E-state index contributed by atoms with van der Waals surface area (Å²) in [5, 5.41) is 14.1. The van der Waals surface area contributed by atoms with Crippen LogP contribution in [0.25, 0.3) is 0 Å². The van der Waals surface area contributed by atoms with Gasteiger partial charge in [-0.05, 0) is 89.9 Å². The number of phosphoric ester groups is 1. The number of aliphatic hydroxyl groups excluding tert-OH is 1. The molecule has 3 N–H and O–H groups in total. The molecule has 496 valence electrons. The molecule has 0 aliphatic heterocycles. The molecule has 8 nitrogen and oxygen atoms in total. The number of allylic oxidation sites excluding steroid dienone is 20. The Morgan fingerprint density at radius 3 is 1.02 bits per heavy atom. The highest BCUT2D eigenvalue weighted by molar-refractivity contribution is 7.47. The maximum absolute atomic E-state index is 13.1. The van der Waals surface area contributed by atoms with Crippen molar-refractivity contribution in [3.8, 4) is 0 Å². The summed E-state index contributed by atoms with van der Waals surface area (Å²) in [5.41, 5.74) is 0. The van der Waals surface area contributed by atoms with Gasteiger partial charge in [0.2, 0.25) is 5.91 Å². The minimum Gasteiger partial charge on any atom is -0.391 e. The van der Waals surface area contributed by atoms with Crippen LogP contribution in [0, 0.1) is 0 Å². The number of quaternary nitrogens is 1. The van der Waals surface area contributed by atoms with Crippen molar-refractivity contribution in [1.29, 1.82) is 0 Å². The molecule has 3 atom stereocenters. The molecule has 0 aromatic rings. The Bertz CT molecular complexity index is 1820. The second-order valence-electron chi connectivity index (χ2n) is 25.2. The van der Waals surface area contributed by atoms with E-state index in [1.54, 1.807) is 0 Å². The maximum atomic E-state index is 13.1. The van der Waals surface area contributed by atoms with Crippen LogP contribution in [0.1, 0.15) is 309 Å². The van der Waals surface area contributed by atoms with Gasteiger partial charge in [0.1, 0.15) is 13.2 Å². The van der Waals surface area contributed by atoms with Crippen molar-refractivity contribution in [2.24, 2.45) is 0 Å². The first kappa shape index (κ1) is 82.9. The van der Waals surface area contributed by atoms with Crippen LogP contribution < -0.4 is 5.32 Å². The quantitative estimate of drug-likeness (QED) is 0.0243. The minimum atomic E-state index is -4.34. The fraction of sp³-hybridized carbons (Fsp3) is 0.727. The number of hydrogen-bond acceptors (Lipinski definition) is 5. The van der Waals surface area contributed by atoms with E-state index < -0.39 is 20.0 Å². The summed E-state index contributed by atoms with van der Waals surface area (Å²) in [5.74, 6) is -0.154. The number of nitrogens with one attached hydrogen (secondary N) is 1. The smallest absolute Gasteiger partial charge is 0.391 e. The molecule has 0 rings (SSSR count). The lowest BCUT2D eigenvalue weighted by atomic mass is 10.0. The molecule has 0 spiro atoms. The van der Waals surface area contributed by atoms with Crippen LogP contribution in [-0.2, 0) is 18.4 Å². The number of likely N-dealkylation sites (N-methyl/N-ethyl adjacent to an activating group) is 1. The number of amides is 1. The lowest BCUT2D eigenvalue weighted by Gasteiger charge is -2.26. The Morgan fingerprint density at radius 2 is 0.698 bits per heavy atom. The van der Waals surface area contributed by atoms with Gasteiger partial charge in [-0.3, -0.25) is 13.8 Å². The van der Waals surface area contributed by atoms with Gasteiger partial charge in [0.15, 0.2) is 0 Å². The number of carbonyl (C=O) groups is 1. The lowest BCUT2D eigenvalue weighted by Crippen LogP contribution is -2.46. The standard InChI is InChI=1S/C77H137N2O6P/c1-6-8-10-12-14-16-18-20-22-24-26-28-30-32-33-34-35-36-37-38-39-40-41-42-43-44-45-47-49-51-53-55-57-59-61-63-65-67-69-71-77(81)78-75(74-85-86(82,83)84-73-72-79(3,4)5)76(80)70-68-66-64-62-60-58-56-54-52-50-48-46-31-29-27-25-23-21-19-17-15-13-11-9-7-2/h8,10,14,16,20,22,26,28,32-33,35-36,38-39,41-42,44-45,49,51,75-76,80H,6-7,9,11-13,15,17-19,21,23-25,27,29-31,34,37,40,43,46-48,50,52-74H2,1-5H3,(H-,78,81,82,83)/p+1/b10-8-,16-14-,22-20-,28-26-,33-32-,36-35-,39-38-,42-41-,45-44-,51-49-. The number of aliphatic hydroxyl groups is 1. The van der Waals surface area contributed by atoms with Gasteiger partial charge in [0.05, 0.1) is 39.9 Å². The SMILES string of the molecule is CC/C=C\C/C=C\C/C=C\C/C=C\C/C=C\C/C=C\C/C=C\C/C=C\C/C=C\C/C=C\CCCCCCCCCCC(=O)NC(COP(=O)(O)OCC[N+](C)(C)C)C(O)CCCCCCCCCCCCCCCCCCCCCCCCCCC. The summed E-state index contributed by atoms with van der Waals surface area (Å²) in [6.07, 6.45) is 98.7. The monoisotopic (exact) mass is 1220 g/mol. The van der Waals surface area contributed by atoms with Crippen LogP contribution in [-0.4, -0.2) is 73.4 Å². The Morgan fingerprint density at radius 1 is 0.407 bits per heavy atom. The zero-order valence-corrected chi connectivity index (χ0v) is 57.7. The number of hydrogen-bond donors (Lipinski definition) is 3. The summed E-state index contributed by atoms with van der Waals surface area (Å²) in [4.78, 5) is 23.5. The molecule has 9 heteroatoms. The van der Waals surface area contributed by atoms with E-state index in [0.29, 0.717) is 23.9 Å². The van der Waals surface area contributed by atoms with Crippen molar-refractivity contribution in [3.63, 3.8) is 0 Å². The molecule has 0 saturated carbocycles. The van der Waals surface area contributed by atoms with Crippen LogP contribution >= 0.6 is 7.82 Å². The van der Waals surface area contributed by atoms with Crippen molar-refractivity contribution in [2.75, 3.05) is 40.9 Å². The maximum Gasteiger partial charge on any atom is 0.472 e. The van der Waals surface area contributed by atoms with E-state index in [1.807, 2.05) is 21.1 Å². The van der Waals surface area contributed by atoms with Crippen LogP contribution in [0.15, 0.2) is 122 Å². The van der Waals surface area contributed by atoms with Gasteiger partial charge in [-0.2, -0.15) is 0 Å². The zero-order valence-electron chi connectivity index (χ0n) is 56.8. The second-order valence-corrected chi connectivity index (χ2v) is 26.7. The highest BCUT2D eigenvalue weighted by Crippen LogP contribution is 2.43. The van der Waals surface area contributed by atoms with Crippen molar-refractivity contribution in [3.05, 3.63) is 122 Å². The van der Waals surface area contributed by atoms with Crippen LogP contribution in [0.3, 0.4) is 0 Å². The summed E-state index contributed by atoms with van der Waals surface area (Å²) < 4.78 is 23.9. The van der Waals surface area contributed by atoms with Gasteiger partial charge in [0, 0.05) is 6.42 Å². The van der Waals surface area contributed by atoms with Crippen LogP contribution in [0.4, 0.5) is 0 Å². The van der Waals surface area contributed by atoms with Gasteiger partial charge < -0.3 is 19.8 Å². The Balaban J connectivity index is 4.10. The van der Waals surface area contributed by atoms with Crippen molar-refractivity contribution >= 4 is 13.7 Å². The van der Waals surface area contributed by atoms with E-state index in [0.717, 1.165) is 109 Å². The predicted octanol–water partition coefficient (Wildman–Crippen LogP) is 23.2. The van der Waals surface area contributed by atoms with E-state index >= 15 is 0 Å². The minimum absolute atomic E-state index is 0.0680. The largest absolute Gasteiger partial charge is 0.472 e. The summed E-state index contributed by atoms with van der Waals surface area (Å²) in [6.45, 7) is 4.79. The van der Waals surface area contributed by atoms with Crippen LogP contribution in [0.5, 0.6) is 0 Å². The molecule has 0 aromatic heterocycles. The summed E-state index contributed by atoms with van der Waals surface area (Å²) >= 11 is 0. The van der Waals surface area contributed by atoms with Crippen molar-refractivity contribution in [2.45, 2.75) is 321 Å². The third-order valence-corrected chi connectivity index (χ3v) is 16.7. The highest BCUT2D eigenvalue weighted by Gasteiger charge is 2.28. The highest BCUT2D eigenvalue weighted by atomic mass is 31.2. The predicted molar refractivity (Wildman–Crippen MR) is 378 cm³/mol. The average molecular weight is 1220 g/mol. The fourth-order valence-corrected chi connectivity index (χ4v) is 10.9. The zero-order chi connectivity index (χ0) is 62.6. The van der Waals surface area contributed by atoms with E-state index in [1.165, 1.54) is 173 Å². The molecule has 3 unspecified atom stereocenters. The molecule has 0 heterocycles. The normalized spacial score (nSPS) is 14.4. The van der Waals surface area contributed by atoms with E-state index in [2.05, 4.69) is 141 Å². The number of rotatable bonds is 65. The average Bonchev–Trinajstić information content (AvgIpc) is 3.70. The van der Waals surface area contributed by atoms with Gasteiger partial charge in [-0.25, -0.2) is 4.57 Å². The molecule has 1 amide bonds. The lowest BCUT2D eigenvalue weighted by molar-refractivity contribution is -0.870. The van der Waals surface area contributed by atoms with Crippen molar-refractivity contribution < 1.29 is 32.9 Å². The molecular formula is C77H138N2O6P+. The number of unbranched alkanes of at least 4 members (excludes halogenated alkanes) is 32. The summed E-state index contributed by atoms with van der Waals surface area (Å²) in [6, 6.07) is -0.775. The third kappa shape index (κ3) is 68.4. The molecule has 0 aliphatic rings. The second kappa shape index (κ2) is 66.3. The molecule has 0 bridgehead atoms. The van der Waals surface area contributed by atoms with E-state index in [4.69, 9.17) is 9.05 Å².